The lowest BCUT2D eigenvalue weighted by molar-refractivity contribution is -0.132. The average Bonchev–Trinajstić information content (AvgIpc) is 3.54. The van der Waals surface area contributed by atoms with Crippen LogP contribution in [0.3, 0.4) is 0 Å². The van der Waals surface area contributed by atoms with Gasteiger partial charge in [0.2, 0.25) is 0 Å². The maximum absolute atomic E-state index is 13.7. The Balaban J connectivity index is 1.54. The molecule has 1 atom stereocenters. The number of esters is 1. The van der Waals surface area contributed by atoms with E-state index in [4.69, 9.17) is 9.47 Å². The molecule has 236 valence electrons. The number of ketones is 1. The van der Waals surface area contributed by atoms with E-state index in [2.05, 4.69) is 32.3 Å². The Morgan fingerprint density at radius 1 is 1.04 bits per heavy atom. The van der Waals surface area contributed by atoms with Crippen LogP contribution in [0.25, 0.3) is 5.76 Å². The molecule has 8 nitrogen and oxygen atoms in total. The van der Waals surface area contributed by atoms with Gasteiger partial charge in [0, 0.05) is 5.56 Å². The molecule has 0 bridgehead atoms. The van der Waals surface area contributed by atoms with Gasteiger partial charge in [-0.2, -0.15) is 0 Å². The molecular weight excluding hydrogens is 600 g/mol. The molecule has 2 heterocycles. The van der Waals surface area contributed by atoms with Crippen molar-refractivity contribution in [2.24, 2.45) is 0 Å². The Bertz CT molecular complexity index is 1830. The predicted octanol–water partition coefficient (Wildman–Crippen LogP) is 7.61. The van der Waals surface area contributed by atoms with Crippen molar-refractivity contribution < 1.29 is 29.0 Å². The van der Waals surface area contributed by atoms with Crippen LogP contribution in [0.1, 0.15) is 70.0 Å². The highest BCUT2D eigenvalue weighted by Gasteiger charge is 2.48. The minimum Gasteiger partial charge on any atom is -0.507 e. The number of Topliss-reactive ketones (excluding diaryl/α,β-unsaturated/α-hetero) is 1. The number of benzene rings is 3. The number of aliphatic hydroxyl groups is 1. The molecule has 4 aromatic rings. The number of ether oxygens (including phenoxy) is 2. The van der Waals surface area contributed by atoms with Crippen LogP contribution in [0.4, 0.5) is 5.13 Å². The Labute approximate surface area is 272 Å². The van der Waals surface area contributed by atoms with Gasteiger partial charge in [-0.15, -0.1) is 0 Å². The first-order valence-corrected chi connectivity index (χ1v) is 15.7. The second kappa shape index (κ2) is 13.1. The summed E-state index contributed by atoms with van der Waals surface area (Å²) in [5.74, 6) is -2.06. The molecule has 0 aliphatic carbocycles. The number of hydrogen-bond donors (Lipinski definition) is 1. The van der Waals surface area contributed by atoms with Crippen molar-refractivity contribution in [3.05, 3.63) is 129 Å². The van der Waals surface area contributed by atoms with E-state index in [9.17, 15) is 19.5 Å². The summed E-state index contributed by atoms with van der Waals surface area (Å²) in [5.41, 5.74) is 4.33. The number of carbonyl (C=O) groups excluding carboxylic acids is 3. The van der Waals surface area contributed by atoms with E-state index in [1.807, 2.05) is 55.5 Å². The second-order valence-corrected chi connectivity index (χ2v) is 13.1. The van der Waals surface area contributed by atoms with E-state index in [1.54, 1.807) is 31.2 Å². The zero-order valence-corrected chi connectivity index (χ0v) is 27.3. The molecule has 1 unspecified atom stereocenters. The molecule has 0 saturated carbocycles. The normalized spacial score (nSPS) is 16.0. The lowest BCUT2D eigenvalue weighted by atomic mass is 9.85. The second-order valence-electron chi connectivity index (χ2n) is 12.1. The molecule has 1 aliphatic heterocycles. The number of aromatic nitrogens is 1. The van der Waals surface area contributed by atoms with Crippen molar-refractivity contribution in [3.8, 4) is 5.75 Å². The molecule has 5 rings (SSSR count). The Morgan fingerprint density at radius 2 is 1.74 bits per heavy atom. The van der Waals surface area contributed by atoms with Gasteiger partial charge in [-0.05, 0) is 60.2 Å². The SMILES string of the molecule is C=CCOC(=O)c1sc(N2C(=O)C(=O)/C(=C(/O)c3ccc(OCc4cccc(C)c4)cc3)C2c2ccc(C(C)(C)C)cc2)nc1C. The van der Waals surface area contributed by atoms with Crippen LogP contribution < -0.4 is 9.64 Å². The highest BCUT2D eigenvalue weighted by molar-refractivity contribution is 7.17. The van der Waals surface area contributed by atoms with Crippen LogP contribution in [-0.2, 0) is 26.3 Å². The number of thiazole rings is 1. The maximum atomic E-state index is 13.7. The lowest BCUT2D eigenvalue weighted by Gasteiger charge is -2.24. The maximum Gasteiger partial charge on any atom is 0.350 e. The number of anilines is 1. The van der Waals surface area contributed by atoms with E-state index in [-0.39, 0.29) is 33.4 Å². The minimum atomic E-state index is -0.992. The van der Waals surface area contributed by atoms with Crippen LogP contribution in [0.5, 0.6) is 5.75 Å². The highest BCUT2D eigenvalue weighted by Crippen LogP contribution is 2.44. The van der Waals surface area contributed by atoms with Gasteiger partial charge in [-0.3, -0.25) is 14.5 Å². The van der Waals surface area contributed by atoms with E-state index in [1.165, 1.54) is 11.0 Å². The molecule has 9 heteroatoms. The number of aryl methyl sites for hydroxylation is 2. The number of nitrogens with zero attached hydrogens (tertiary/aromatic N) is 2. The summed E-state index contributed by atoms with van der Waals surface area (Å²) in [6, 6.07) is 21.3. The van der Waals surface area contributed by atoms with Gasteiger partial charge in [0.15, 0.2) is 5.13 Å². The van der Waals surface area contributed by atoms with Crippen molar-refractivity contribution in [1.82, 2.24) is 4.98 Å². The summed E-state index contributed by atoms with van der Waals surface area (Å²) >= 11 is 0.955. The van der Waals surface area contributed by atoms with Gasteiger partial charge in [-0.1, -0.05) is 98.9 Å². The van der Waals surface area contributed by atoms with Crippen LogP contribution in [0.2, 0.25) is 0 Å². The third-order valence-electron chi connectivity index (χ3n) is 7.66. The van der Waals surface area contributed by atoms with Gasteiger partial charge < -0.3 is 14.6 Å². The van der Waals surface area contributed by atoms with E-state index >= 15 is 0 Å². The highest BCUT2D eigenvalue weighted by atomic mass is 32.1. The minimum absolute atomic E-state index is 0.0197. The Morgan fingerprint density at radius 3 is 2.37 bits per heavy atom. The summed E-state index contributed by atoms with van der Waals surface area (Å²) in [6.45, 7) is 13.9. The first kappa shape index (κ1) is 32.4. The van der Waals surface area contributed by atoms with Gasteiger partial charge in [0.1, 0.15) is 29.6 Å². The zero-order chi connectivity index (χ0) is 33.2. The number of amides is 1. The standard InChI is InChI=1S/C37H36N2O6S/c1-7-19-44-35(43)33-23(3)38-36(46-33)39-30(25-11-15-27(16-12-25)37(4,5)6)29(32(41)34(39)42)31(40)26-13-17-28(18-14-26)45-21-24-10-8-9-22(2)20-24/h7-18,20,30,40H,1,19,21H2,2-6H3/b31-29+. The monoisotopic (exact) mass is 636 g/mol. The van der Waals surface area contributed by atoms with Crippen molar-refractivity contribution in [2.45, 2.75) is 52.7 Å². The molecule has 1 fully saturated rings. The van der Waals surface area contributed by atoms with Crippen LogP contribution in [0, 0.1) is 13.8 Å². The molecule has 1 saturated heterocycles. The fourth-order valence-electron chi connectivity index (χ4n) is 5.22. The number of aliphatic hydroxyl groups excluding tert-OH is 1. The van der Waals surface area contributed by atoms with Crippen molar-refractivity contribution >= 4 is 39.9 Å². The van der Waals surface area contributed by atoms with E-state index in [0.717, 1.165) is 28.0 Å². The summed E-state index contributed by atoms with van der Waals surface area (Å²) in [7, 11) is 0. The van der Waals surface area contributed by atoms with Crippen LogP contribution in [0.15, 0.2) is 91.0 Å². The van der Waals surface area contributed by atoms with E-state index < -0.39 is 23.7 Å². The number of carbonyl (C=O) groups is 3. The third kappa shape index (κ3) is 6.65. The number of rotatable bonds is 9. The van der Waals surface area contributed by atoms with Crippen LogP contribution >= 0.6 is 11.3 Å². The topological polar surface area (TPSA) is 106 Å². The molecule has 46 heavy (non-hydrogen) atoms. The van der Waals surface area contributed by atoms with Crippen LogP contribution in [-0.4, -0.2) is 34.4 Å². The first-order chi connectivity index (χ1) is 21.9. The smallest absolute Gasteiger partial charge is 0.350 e. The summed E-state index contributed by atoms with van der Waals surface area (Å²) in [4.78, 5) is 46.0. The van der Waals surface area contributed by atoms with Gasteiger partial charge >= 0.3 is 11.9 Å². The molecule has 3 aromatic carbocycles. The van der Waals surface area contributed by atoms with Gasteiger partial charge in [0.05, 0.1) is 17.3 Å². The average molecular weight is 637 g/mol. The van der Waals surface area contributed by atoms with Crippen molar-refractivity contribution in [2.75, 3.05) is 11.5 Å². The Hall–Kier alpha value is -5.02. The number of hydrogen-bond acceptors (Lipinski definition) is 8. The van der Waals surface area contributed by atoms with Crippen molar-refractivity contribution in [1.29, 1.82) is 0 Å². The van der Waals surface area contributed by atoms with E-state index in [0.29, 0.717) is 29.2 Å². The third-order valence-corrected chi connectivity index (χ3v) is 8.80. The largest absolute Gasteiger partial charge is 0.507 e. The predicted molar refractivity (Wildman–Crippen MR) is 179 cm³/mol. The molecular formula is C37H36N2O6S. The molecule has 1 aliphatic rings. The molecule has 0 radical (unpaired) electrons. The summed E-state index contributed by atoms with van der Waals surface area (Å²) in [6.07, 6.45) is 1.46. The molecule has 1 amide bonds. The summed E-state index contributed by atoms with van der Waals surface area (Å²) in [5, 5.41) is 11.7. The summed E-state index contributed by atoms with van der Waals surface area (Å²) < 4.78 is 11.1. The quantitative estimate of drug-likeness (QED) is 0.0663. The first-order valence-electron chi connectivity index (χ1n) is 14.8. The fourth-order valence-corrected chi connectivity index (χ4v) is 6.21. The fraction of sp³-hybridized carbons (Fsp3) is 0.243. The Kier molecular flexibility index (Phi) is 9.25. The van der Waals surface area contributed by atoms with Gasteiger partial charge in [-0.25, -0.2) is 9.78 Å². The molecule has 0 spiro atoms. The molecule has 1 N–H and O–H groups in total. The van der Waals surface area contributed by atoms with Crippen molar-refractivity contribution in [3.63, 3.8) is 0 Å². The lowest BCUT2D eigenvalue weighted by Crippen LogP contribution is -2.29. The van der Waals surface area contributed by atoms with Gasteiger partial charge in [0.25, 0.3) is 5.78 Å². The molecule has 1 aromatic heterocycles. The zero-order valence-electron chi connectivity index (χ0n) is 26.5.